The molecule has 0 aromatic rings. The Morgan fingerprint density at radius 3 is 2.33 bits per heavy atom. The van der Waals surface area contributed by atoms with Gasteiger partial charge < -0.3 is 4.74 Å². The molecule has 2 rings (SSSR count). The molecule has 2 aliphatic rings. The second-order valence-corrected chi connectivity index (χ2v) is 5.54. The van der Waals surface area contributed by atoms with Crippen LogP contribution in [0.4, 0.5) is 0 Å². The number of ether oxygens (including phenoxy) is 1. The minimum Gasteiger partial charge on any atom is -0.379 e. The first-order chi connectivity index (χ1) is 7.23. The van der Waals surface area contributed by atoms with Gasteiger partial charge in [-0.2, -0.15) is 0 Å². The first-order valence-electron chi connectivity index (χ1n) is 6.55. The maximum absolute atomic E-state index is 5.41. The Balaban J connectivity index is 1.82. The molecular formula is C13H25NO. The predicted molar refractivity (Wildman–Crippen MR) is 63.0 cm³/mol. The van der Waals surface area contributed by atoms with Crippen LogP contribution in [0.15, 0.2) is 0 Å². The van der Waals surface area contributed by atoms with E-state index in [0.717, 1.165) is 32.3 Å². The highest BCUT2D eigenvalue weighted by Gasteiger charge is 2.32. The quantitative estimate of drug-likeness (QED) is 0.696. The number of hydrogen-bond donors (Lipinski definition) is 0. The van der Waals surface area contributed by atoms with Crippen molar-refractivity contribution in [2.24, 2.45) is 5.41 Å². The van der Waals surface area contributed by atoms with Crippen molar-refractivity contribution in [1.29, 1.82) is 0 Å². The SMILES string of the molecule is CCC1(C)CCC(N2CCOCC2)CC1. The minimum atomic E-state index is 0.642. The summed E-state index contributed by atoms with van der Waals surface area (Å²) in [5.74, 6) is 0. The summed E-state index contributed by atoms with van der Waals surface area (Å²) in [5.41, 5.74) is 0.642. The van der Waals surface area contributed by atoms with Crippen LogP contribution < -0.4 is 0 Å². The zero-order valence-corrected chi connectivity index (χ0v) is 10.3. The van der Waals surface area contributed by atoms with Gasteiger partial charge >= 0.3 is 0 Å². The summed E-state index contributed by atoms with van der Waals surface area (Å²) in [7, 11) is 0. The van der Waals surface area contributed by atoms with Crippen LogP contribution in [0.5, 0.6) is 0 Å². The molecule has 1 saturated heterocycles. The Labute approximate surface area is 94.0 Å². The van der Waals surface area contributed by atoms with E-state index in [-0.39, 0.29) is 0 Å². The van der Waals surface area contributed by atoms with Crippen molar-refractivity contribution >= 4 is 0 Å². The van der Waals surface area contributed by atoms with E-state index in [4.69, 9.17) is 4.74 Å². The molecule has 1 aliphatic carbocycles. The molecule has 0 aromatic heterocycles. The van der Waals surface area contributed by atoms with Crippen molar-refractivity contribution in [2.45, 2.75) is 52.0 Å². The average Bonchev–Trinajstić information content (AvgIpc) is 2.31. The van der Waals surface area contributed by atoms with Crippen molar-refractivity contribution in [3.05, 3.63) is 0 Å². The van der Waals surface area contributed by atoms with Crippen LogP contribution >= 0.6 is 0 Å². The van der Waals surface area contributed by atoms with E-state index in [1.165, 1.54) is 32.1 Å². The van der Waals surface area contributed by atoms with Gasteiger partial charge in [0.1, 0.15) is 0 Å². The fourth-order valence-electron chi connectivity index (χ4n) is 2.96. The molecule has 0 bridgehead atoms. The van der Waals surface area contributed by atoms with Crippen LogP contribution in [0.25, 0.3) is 0 Å². The van der Waals surface area contributed by atoms with E-state index >= 15 is 0 Å². The van der Waals surface area contributed by atoms with Gasteiger partial charge in [-0.15, -0.1) is 0 Å². The lowest BCUT2D eigenvalue weighted by Gasteiger charge is -2.42. The van der Waals surface area contributed by atoms with Gasteiger partial charge in [-0.1, -0.05) is 20.3 Å². The lowest BCUT2D eigenvalue weighted by atomic mass is 9.72. The fraction of sp³-hybridized carbons (Fsp3) is 1.00. The summed E-state index contributed by atoms with van der Waals surface area (Å²) >= 11 is 0. The van der Waals surface area contributed by atoms with Gasteiger partial charge in [-0.3, -0.25) is 4.90 Å². The molecule has 0 unspecified atom stereocenters. The third kappa shape index (κ3) is 2.73. The zero-order valence-electron chi connectivity index (χ0n) is 10.3. The van der Waals surface area contributed by atoms with Crippen LogP contribution in [0, 0.1) is 5.41 Å². The lowest BCUT2D eigenvalue weighted by Crippen LogP contribution is -2.46. The normalized spacial score (nSPS) is 39.2. The summed E-state index contributed by atoms with van der Waals surface area (Å²) in [6.07, 6.45) is 7.01. The molecular weight excluding hydrogens is 186 g/mol. The topological polar surface area (TPSA) is 12.5 Å². The number of nitrogens with zero attached hydrogens (tertiary/aromatic N) is 1. The molecule has 0 radical (unpaired) electrons. The lowest BCUT2D eigenvalue weighted by molar-refractivity contribution is -0.00248. The summed E-state index contributed by atoms with van der Waals surface area (Å²) in [5, 5.41) is 0. The molecule has 2 heteroatoms. The number of morpholine rings is 1. The van der Waals surface area contributed by atoms with Crippen LogP contribution in [0.2, 0.25) is 0 Å². The van der Waals surface area contributed by atoms with Crippen LogP contribution in [0.3, 0.4) is 0 Å². The second-order valence-electron chi connectivity index (χ2n) is 5.54. The molecule has 0 spiro atoms. The number of rotatable bonds is 2. The summed E-state index contributed by atoms with van der Waals surface area (Å²) < 4.78 is 5.41. The first-order valence-corrected chi connectivity index (χ1v) is 6.55. The minimum absolute atomic E-state index is 0.642. The standard InChI is InChI=1S/C13H25NO/c1-3-13(2)6-4-12(5-7-13)14-8-10-15-11-9-14/h12H,3-11H2,1-2H3. The van der Waals surface area contributed by atoms with Gasteiger partial charge in [-0.25, -0.2) is 0 Å². The summed E-state index contributed by atoms with van der Waals surface area (Å²) in [6.45, 7) is 9.02. The molecule has 1 aliphatic heterocycles. The van der Waals surface area contributed by atoms with Gasteiger partial charge in [-0.05, 0) is 31.1 Å². The van der Waals surface area contributed by atoms with Gasteiger partial charge in [0.25, 0.3) is 0 Å². The third-order valence-corrected chi connectivity index (χ3v) is 4.58. The van der Waals surface area contributed by atoms with E-state index < -0.39 is 0 Å². The molecule has 1 heterocycles. The van der Waals surface area contributed by atoms with Crippen molar-refractivity contribution < 1.29 is 4.74 Å². The summed E-state index contributed by atoms with van der Waals surface area (Å²) in [6, 6.07) is 0.855. The van der Waals surface area contributed by atoms with Crippen molar-refractivity contribution in [3.63, 3.8) is 0 Å². The van der Waals surface area contributed by atoms with E-state index in [1.807, 2.05) is 0 Å². The smallest absolute Gasteiger partial charge is 0.0594 e. The first kappa shape index (κ1) is 11.4. The number of hydrogen-bond acceptors (Lipinski definition) is 2. The Hall–Kier alpha value is -0.0800. The van der Waals surface area contributed by atoms with Crippen LogP contribution in [-0.2, 0) is 4.74 Å². The van der Waals surface area contributed by atoms with Gasteiger partial charge in [0.05, 0.1) is 13.2 Å². The molecule has 88 valence electrons. The van der Waals surface area contributed by atoms with Crippen molar-refractivity contribution in [3.8, 4) is 0 Å². The fourth-order valence-corrected chi connectivity index (χ4v) is 2.96. The summed E-state index contributed by atoms with van der Waals surface area (Å²) in [4.78, 5) is 2.65. The Kier molecular flexibility index (Phi) is 3.68. The van der Waals surface area contributed by atoms with E-state index in [9.17, 15) is 0 Å². The van der Waals surface area contributed by atoms with Crippen molar-refractivity contribution in [2.75, 3.05) is 26.3 Å². The molecule has 2 nitrogen and oxygen atoms in total. The third-order valence-electron chi connectivity index (χ3n) is 4.58. The Bertz CT molecular complexity index is 191. The maximum Gasteiger partial charge on any atom is 0.0594 e. The highest BCUT2D eigenvalue weighted by atomic mass is 16.5. The molecule has 2 fully saturated rings. The van der Waals surface area contributed by atoms with Gasteiger partial charge in [0, 0.05) is 19.1 Å². The molecule has 0 amide bonds. The molecule has 0 atom stereocenters. The van der Waals surface area contributed by atoms with Crippen LogP contribution in [0.1, 0.15) is 46.0 Å². The van der Waals surface area contributed by atoms with Gasteiger partial charge in [0.15, 0.2) is 0 Å². The highest BCUT2D eigenvalue weighted by molar-refractivity contribution is 4.86. The van der Waals surface area contributed by atoms with Gasteiger partial charge in [0.2, 0.25) is 0 Å². The average molecular weight is 211 g/mol. The molecule has 0 aromatic carbocycles. The van der Waals surface area contributed by atoms with Crippen LogP contribution in [-0.4, -0.2) is 37.2 Å². The zero-order chi connectivity index (χ0) is 10.7. The van der Waals surface area contributed by atoms with E-state index in [0.29, 0.717) is 5.41 Å². The Morgan fingerprint density at radius 1 is 1.20 bits per heavy atom. The molecule has 15 heavy (non-hydrogen) atoms. The van der Waals surface area contributed by atoms with Crippen molar-refractivity contribution in [1.82, 2.24) is 4.90 Å². The largest absolute Gasteiger partial charge is 0.379 e. The Morgan fingerprint density at radius 2 is 1.80 bits per heavy atom. The molecule has 0 N–H and O–H groups in total. The maximum atomic E-state index is 5.41. The molecule has 1 saturated carbocycles. The van der Waals surface area contributed by atoms with E-state index in [2.05, 4.69) is 18.7 Å². The monoisotopic (exact) mass is 211 g/mol. The second kappa shape index (κ2) is 4.84. The predicted octanol–water partition coefficient (Wildman–Crippen LogP) is 2.68. The van der Waals surface area contributed by atoms with E-state index in [1.54, 1.807) is 0 Å². The highest BCUT2D eigenvalue weighted by Crippen LogP contribution is 2.40.